The standard InChI is InChI=1S/C14H12BrClN2OS/c15-10-3-1-2-8-6-12(19-14(8)10)11(18-17)7-9-4-5-13(16)20-9/h1-6,11,18H,7,17H2. The molecule has 0 aliphatic carbocycles. The first kappa shape index (κ1) is 14.1. The van der Waals surface area contributed by atoms with Crippen LogP contribution in [0.25, 0.3) is 11.0 Å². The van der Waals surface area contributed by atoms with Gasteiger partial charge in [-0.2, -0.15) is 0 Å². The van der Waals surface area contributed by atoms with Gasteiger partial charge in [-0.3, -0.25) is 5.84 Å². The average molecular weight is 372 g/mol. The summed E-state index contributed by atoms with van der Waals surface area (Å²) in [6.45, 7) is 0. The molecule has 0 saturated heterocycles. The maximum Gasteiger partial charge on any atom is 0.148 e. The van der Waals surface area contributed by atoms with Crippen LogP contribution in [0.15, 0.2) is 45.3 Å². The highest BCUT2D eigenvalue weighted by atomic mass is 79.9. The van der Waals surface area contributed by atoms with Gasteiger partial charge in [-0.05, 0) is 40.2 Å². The lowest BCUT2D eigenvalue weighted by Gasteiger charge is -2.11. The Morgan fingerprint density at radius 2 is 2.20 bits per heavy atom. The minimum Gasteiger partial charge on any atom is -0.458 e. The van der Waals surface area contributed by atoms with E-state index in [0.717, 1.165) is 36.8 Å². The average Bonchev–Trinajstić information content (AvgIpc) is 3.03. The molecule has 0 bridgehead atoms. The fourth-order valence-corrected chi connectivity index (χ4v) is 3.72. The summed E-state index contributed by atoms with van der Waals surface area (Å²) >= 11 is 11.0. The molecule has 3 nitrogen and oxygen atoms in total. The third-order valence-corrected chi connectivity index (χ3v) is 4.97. The first-order valence-corrected chi connectivity index (χ1v) is 8.04. The van der Waals surface area contributed by atoms with E-state index < -0.39 is 0 Å². The summed E-state index contributed by atoms with van der Waals surface area (Å²) in [6.07, 6.45) is 0.741. The molecule has 0 radical (unpaired) electrons. The van der Waals surface area contributed by atoms with E-state index in [1.165, 1.54) is 0 Å². The summed E-state index contributed by atoms with van der Waals surface area (Å²) in [5.74, 6) is 6.49. The fourth-order valence-electron chi connectivity index (χ4n) is 2.12. The van der Waals surface area contributed by atoms with Gasteiger partial charge in [0.05, 0.1) is 14.9 Å². The predicted octanol–water partition coefficient (Wildman–Crippen LogP) is 4.66. The van der Waals surface area contributed by atoms with Crippen molar-refractivity contribution in [3.63, 3.8) is 0 Å². The van der Waals surface area contributed by atoms with Crippen molar-refractivity contribution in [2.24, 2.45) is 5.84 Å². The molecule has 2 aromatic heterocycles. The molecule has 0 spiro atoms. The zero-order chi connectivity index (χ0) is 14.1. The van der Waals surface area contributed by atoms with Crippen LogP contribution in [0.5, 0.6) is 0 Å². The van der Waals surface area contributed by atoms with Gasteiger partial charge in [0, 0.05) is 16.7 Å². The van der Waals surface area contributed by atoms with Gasteiger partial charge in [-0.15, -0.1) is 11.3 Å². The summed E-state index contributed by atoms with van der Waals surface area (Å²) < 4.78 is 7.63. The predicted molar refractivity (Wildman–Crippen MR) is 87.0 cm³/mol. The number of hydrazine groups is 1. The van der Waals surface area contributed by atoms with Crippen LogP contribution in [0.1, 0.15) is 16.7 Å². The van der Waals surface area contributed by atoms with E-state index in [4.69, 9.17) is 21.9 Å². The Bertz CT molecular complexity index is 740. The van der Waals surface area contributed by atoms with E-state index in [9.17, 15) is 0 Å². The molecule has 3 aromatic rings. The molecule has 0 aliphatic heterocycles. The van der Waals surface area contributed by atoms with Crippen LogP contribution in [-0.2, 0) is 6.42 Å². The first-order chi connectivity index (χ1) is 9.67. The molecule has 20 heavy (non-hydrogen) atoms. The molecule has 0 fully saturated rings. The molecular weight excluding hydrogens is 360 g/mol. The molecule has 0 amide bonds. The van der Waals surface area contributed by atoms with Crippen molar-refractivity contribution in [1.82, 2.24) is 5.43 Å². The van der Waals surface area contributed by atoms with Crippen molar-refractivity contribution in [2.45, 2.75) is 12.5 Å². The number of nitrogens with one attached hydrogen (secondary N) is 1. The Balaban J connectivity index is 1.92. The van der Waals surface area contributed by atoms with Crippen LogP contribution in [0.2, 0.25) is 4.34 Å². The molecule has 2 heterocycles. The number of hydrogen-bond acceptors (Lipinski definition) is 4. The Morgan fingerprint density at radius 1 is 1.35 bits per heavy atom. The van der Waals surface area contributed by atoms with E-state index in [0.29, 0.717) is 0 Å². The molecule has 3 rings (SSSR count). The molecule has 104 valence electrons. The Morgan fingerprint density at radius 3 is 2.85 bits per heavy atom. The highest BCUT2D eigenvalue weighted by molar-refractivity contribution is 9.10. The molecule has 3 N–H and O–H groups in total. The van der Waals surface area contributed by atoms with E-state index in [2.05, 4.69) is 21.4 Å². The second-order valence-electron chi connectivity index (χ2n) is 4.44. The normalized spacial score (nSPS) is 12.9. The zero-order valence-electron chi connectivity index (χ0n) is 10.4. The molecule has 0 aliphatic rings. The molecule has 6 heteroatoms. The second-order valence-corrected chi connectivity index (χ2v) is 7.09. The van der Waals surface area contributed by atoms with Crippen LogP contribution >= 0.6 is 38.9 Å². The lowest BCUT2D eigenvalue weighted by molar-refractivity contribution is 0.435. The Kier molecular flexibility index (Phi) is 4.14. The maximum absolute atomic E-state index is 5.96. The fraction of sp³-hybridized carbons (Fsp3) is 0.143. The van der Waals surface area contributed by atoms with Crippen molar-refractivity contribution in [2.75, 3.05) is 0 Å². The lowest BCUT2D eigenvalue weighted by Crippen LogP contribution is -2.29. The van der Waals surface area contributed by atoms with Gasteiger partial charge in [0.2, 0.25) is 0 Å². The number of rotatable bonds is 4. The van der Waals surface area contributed by atoms with Gasteiger partial charge in [-0.25, -0.2) is 5.43 Å². The number of thiophene rings is 1. The number of para-hydroxylation sites is 1. The monoisotopic (exact) mass is 370 g/mol. The van der Waals surface area contributed by atoms with Crippen molar-refractivity contribution in [1.29, 1.82) is 0 Å². The van der Waals surface area contributed by atoms with Crippen LogP contribution in [-0.4, -0.2) is 0 Å². The third kappa shape index (κ3) is 2.77. The quantitative estimate of drug-likeness (QED) is 0.518. The van der Waals surface area contributed by atoms with Crippen molar-refractivity contribution >= 4 is 49.8 Å². The highest BCUT2D eigenvalue weighted by Gasteiger charge is 2.17. The molecular formula is C14H12BrClN2OS. The summed E-state index contributed by atoms with van der Waals surface area (Å²) in [4.78, 5) is 1.16. The van der Waals surface area contributed by atoms with Crippen LogP contribution in [0, 0.1) is 0 Å². The number of benzene rings is 1. The van der Waals surface area contributed by atoms with Crippen LogP contribution in [0.3, 0.4) is 0 Å². The van der Waals surface area contributed by atoms with Crippen LogP contribution in [0.4, 0.5) is 0 Å². The van der Waals surface area contributed by atoms with Gasteiger partial charge in [0.25, 0.3) is 0 Å². The summed E-state index contributed by atoms with van der Waals surface area (Å²) in [5.41, 5.74) is 3.65. The third-order valence-electron chi connectivity index (χ3n) is 3.09. The number of hydrogen-bond donors (Lipinski definition) is 2. The summed E-state index contributed by atoms with van der Waals surface area (Å²) in [5, 5.41) is 1.05. The molecule has 1 unspecified atom stereocenters. The maximum atomic E-state index is 5.96. The van der Waals surface area contributed by atoms with Crippen LogP contribution < -0.4 is 11.3 Å². The minimum absolute atomic E-state index is 0.0796. The van der Waals surface area contributed by atoms with Gasteiger partial charge in [0.15, 0.2) is 0 Å². The van der Waals surface area contributed by atoms with E-state index in [-0.39, 0.29) is 6.04 Å². The topological polar surface area (TPSA) is 51.2 Å². The largest absolute Gasteiger partial charge is 0.458 e. The van der Waals surface area contributed by atoms with Gasteiger partial charge in [0.1, 0.15) is 11.3 Å². The summed E-state index contributed by atoms with van der Waals surface area (Å²) in [6, 6.07) is 11.8. The Hall–Kier alpha value is -0.850. The SMILES string of the molecule is NNC(Cc1ccc(Cl)s1)c1cc2cccc(Br)c2o1. The first-order valence-electron chi connectivity index (χ1n) is 6.05. The number of furan rings is 1. The molecule has 1 aromatic carbocycles. The zero-order valence-corrected chi connectivity index (χ0v) is 13.6. The van der Waals surface area contributed by atoms with Gasteiger partial charge >= 0.3 is 0 Å². The smallest absolute Gasteiger partial charge is 0.148 e. The van der Waals surface area contributed by atoms with Crippen molar-refractivity contribution in [3.05, 3.63) is 55.8 Å². The van der Waals surface area contributed by atoms with E-state index in [1.807, 2.05) is 36.4 Å². The summed E-state index contributed by atoms with van der Waals surface area (Å²) in [7, 11) is 0. The van der Waals surface area contributed by atoms with Gasteiger partial charge < -0.3 is 4.42 Å². The number of fused-ring (bicyclic) bond motifs is 1. The molecule has 1 atom stereocenters. The van der Waals surface area contributed by atoms with E-state index >= 15 is 0 Å². The number of halogens is 2. The lowest BCUT2D eigenvalue weighted by atomic mass is 10.1. The number of nitrogens with two attached hydrogens (primary N) is 1. The van der Waals surface area contributed by atoms with Gasteiger partial charge in [-0.1, -0.05) is 23.7 Å². The van der Waals surface area contributed by atoms with Crippen molar-refractivity contribution < 1.29 is 4.42 Å². The molecule has 0 saturated carbocycles. The van der Waals surface area contributed by atoms with E-state index in [1.54, 1.807) is 11.3 Å². The Labute approximate surface area is 133 Å². The highest BCUT2D eigenvalue weighted by Crippen LogP contribution is 2.32. The van der Waals surface area contributed by atoms with Crippen molar-refractivity contribution in [3.8, 4) is 0 Å². The second kappa shape index (κ2) is 5.87. The minimum atomic E-state index is -0.0796.